The molecule has 7 heteroatoms. The molecule has 0 bridgehead atoms. The average Bonchev–Trinajstić information content (AvgIpc) is 3.18. The van der Waals surface area contributed by atoms with Gasteiger partial charge in [-0.1, -0.05) is 25.7 Å². The van der Waals surface area contributed by atoms with Crippen molar-refractivity contribution in [2.75, 3.05) is 14.2 Å². The molecule has 2 aliphatic carbocycles. The number of carbonyl (C=O) groups excluding carboxylic acids is 2. The van der Waals surface area contributed by atoms with E-state index in [1.165, 1.54) is 14.2 Å². The first-order valence-corrected chi connectivity index (χ1v) is 10.4. The number of benzene rings is 1. The second-order valence-electron chi connectivity index (χ2n) is 8.60. The summed E-state index contributed by atoms with van der Waals surface area (Å²) in [6.07, 6.45) is -0.821. The Morgan fingerprint density at radius 3 is 2.58 bits per heavy atom. The van der Waals surface area contributed by atoms with Gasteiger partial charge in [0.05, 0.1) is 31.8 Å². The van der Waals surface area contributed by atoms with Gasteiger partial charge in [0, 0.05) is 18.3 Å². The lowest BCUT2D eigenvalue weighted by atomic mass is 9.79. The van der Waals surface area contributed by atoms with Crippen LogP contribution in [0.25, 0.3) is 0 Å². The second kappa shape index (κ2) is 8.04. The average molecular weight is 428 g/mol. The molecule has 7 atom stereocenters. The summed E-state index contributed by atoms with van der Waals surface area (Å²) in [4.78, 5) is 25.5. The highest BCUT2D eigenvalue weighted by Crippen LogP contribution is 2.53. The molecule has 1 aliphatic heterocycles. The number of aliphatic hydroxyl groups is 1. The van der Waals surface area contributed by atoms with E-state index >= 15 is 0 Å². The third-order valence-corrected chi connectivity index (χ3v) is 7.00. The summed E-state index contributed by atoms with van der Waals surface area (Å²) in [6, 6.07) is 4.82. The minimum absolute atomic E-state index is 0.0575. The van der Waals surface area contributed by atoms with E-state index in [1.54, 1.807) is 25.1 Å². The molecule has 1 aromatic rings. The molecule has 166 valence electrons. The third-order valence-electron chi connectivity index (χ3n) is 7.00. The molecule has 7 unspecified atom stereocenters. The van der Waals surface area contributed by atoms with Gasteiger partial charge in [-0.15, -0.1) is 0 Å². The number of methoxy groups -OCH3 is 2. The van der Waals surface area contributed by atoms with Gasteiger partial charge in [-0.25, -0.2) is 4.79 Å². The predicted octanol–water partition coefficient (Wildman–Crippen LogP) is 2.92. The maximum atomic E-state index is 13.0. The Balaban J connectivity index is 1.64. The van der Waals surface area contributed by atoms with E-state index in [0.717, 1.165) is 5.57 Å². The summed E-state index contributed by atoms with van der Waals surface area (Å²) in [7, 11) is 3.02. The number of esters is 2. The van der Waals surface area contributed by atoms with Crippen LogP contribution in [0.4, 0.5) is 0 Å². The van der Waals surface area contributed by atoms with Crippen LogP contribution in [0.15, 0.2) is 42.5 Å². The van der Waals surface area contributed by atoms with E-state index in [4.69, 9.17) is 18.9 Å². The van der Waals surface area contributed by atoms with E-state index in [0.29, 0.717) is 35.5 Å². The Hall–Kier alpha value is -2.80. The molecule has 0 radical (unpaired) electrons. The van der Waals surface area contributed by atoms with E-state index in [-0.39, 0.29) is 23.7 Å². The summed E-state index contributed by atoms with van der Waals surface area (Å²) in [5, 5.41) is 10.4. The van der Waals surface area contributed by atoms with Crippen LogP contribution in [-0.4, -0.2) is 49.6 Å². The van der Waals surface area contributed by atoms with Gasteiger partial charge in [-0.05, 0) is 36.1 Å². The van der Waals surface area contributed by atoms with Crippen LogP contribution in [0.1, 0.15) is 30.1 Å². The van der Waals surface area contributed by atoms with E-state index in [9.17, 15) is 14.7 Å². The molecule has 31 heavy (non-hydrogen) atoms. The molecule has 4 rings (SSSR count). The van der Waals surface area contributed by atoms with E-state index in [2.05, 4.69) is 13.2 Å². The van der Waals surface area contributed by atoms with Gasteiger partial charge in [0.1, 0.15) is 12.2 Å². The smallest absolute Gasteiger partial charge is 0.338 e. The Bertz CT molecular complexity index is 936. The minimum atomic E-state index is -0.645. The van der Waals surface area contributed by atoms with Gasteiger partial charge in [0.2, 0.25) is 0 Å². The molecule has 0 aromatic heterocycles. The number of aliphatic hydroxyl groups excluding tert-OH is 1. The Morgan fingerprint density at radius 2 is 1.90 bits per heavy atom. The fourth-order valence-electron chi connectivity index (χ4n) is 5.32. The maximum absolute atomic E-state index is 13.0. The van der Waals surface area contributed by atoms with E-state index in [1.807, 2.05) is 0 Å². The molecule has 3 fully saturated rings. The molecule has 1 N–H and O–H groups in total. The van der Waals surface area contributed by atoms with Crippen LogP contribution in [0, 0.1) is 23.7 Å². The highest BCUT2D eigenvalue weighted by Gasteiger charge is 2.57. The topological polar surface area (TPSA) is 91.3 Å². The van der Waals surface area contributed by atoms with Crippen molar-refractivity contribution in [1.29, 1.82) is 0 Å². The van der Waals surface area contributed by atoms with Crippen LogP contribution >= 0.6 is 0 Å². The van der Waals surface area contributed by atoms with Crippen molar-refractivity contribution < 1.29 is 33.6 Å². The quantitative estimate of drug-likeness (QED) is 0.582. The lowest BCUT2D eigenvalue weighted by Crippen LogP contribution is -2.38. The second-order valence-corrected chi connectivity index (χ2v) is 8.60. The van der Waals surface area contributed by atoms with Crippen LogP contribution in [0.5, 0.6) is 11.5 Å². The van der Waals surface area contributed by atoms with E-state index < -0.39 is 30.2 Å². The number of hydrogen-bond acceptors (Lipinski definition) is 7. The van der Waals surface area contributed by atoms with Crippen molar-refractivity contribution in [3.05, 3.63) is 48.1 Å². The van der Waals surface area contributed by atoms with Crippen molar-refractivity contribution in [2.45, 2.75) is 38.1 Å². The molecular weight excluding hydrogens is 400 g/mol. The fourth-order valence-corrected chi connectivity index (χ4v) is 5.32. The first-order chi connectivity index (χ1) is 14.8. The van der Waals surface area contributed by atoms with Crippen molar-refractivity contribution in [3.8, 4) is 11.5 Å². The Morgan fingerprint density at radius 1 is 1.19 bits per heavy atom. The van der Waals surface area contributed by atoms with Gasteiger partial charge in [-0.3, -0.25) is 4.79 Å². The summed E-state index contributed by atoms with van der Waals surface area (Å²) in [5.74, 6) is -0.958. The molecule has 1 aromatic carbocycles. The molecule has 1 saturated heterocycles. The van der Waals surface area contributed by atoms with Crippen LogP contribution in [0.3, 0.4) is 0 Å². The number of ether oxygens (including phenoxy) is 4. The first-order valence-electron chi connectivity index (χ1n) is 10.4. The number of carbonyl (C=O) groups is 2. The number of fused-ring (bicyclic) bond motifs is 3. The van der Waals surface area contributed by atoms with Gasteiger partial charge in [-0.2, -0.15) is 0 Å². The Kier molecular flexibility index (Phi) is 5.56. The Labute approximate surface area is 181 Å². The summed E-state index contributed by atoms with van der Waals surface area (Å²) < 4.78 is 22.2. The zero-order chi connectivity index (χ0) is 22.4. The standard InChI is InChI=1S/C24H28O7/c1-11-8-19(30-24(27)14-6-7-17(28-4)18(9-14)29-5)21-13(3)23(26)31-22(21)20-12(2)16(25)10-15(11)20/h6-7,9,13,15-16,19-22,25H,1-2,8,10H2,3-5H3. The van der Waals surface area contributed by atoms with Crippen molar-refractivity contribution in [2.24, 2.45) is 23.7 Å². The van der Waals surface area contributed by atoms with Crippen LogP contribution < -0.4 is 9.47 Å². The fraction of sp³-hybridized carbons (Fsp3) is 0.500. The molecular formula is C24H28O7. The van der Waals surface area contributed by atoms with Crippen molar-refractivity contribution >= 4 is 11.9 Å². The molecule has 7 nitrogen and oxygen atoms in total. The van der Waals surface area contributed by atoms with Gasteiger partial charge < -0.3 is 24.1 Å². The normalized spacial score (nSPS) is 34.5. The molecule has 3 aliphatic rings. The van der Waals surface area contributed by atoms with Crippen molar-refractivity contribution in [3.63, 3.8) is 0 Å². The zero-order valence-corrected chi connectivity index (χ0v) is 18.0. The predicted molar refractivity (Wildman–Crippen MR) is 112 cm³/mol. The highest BCUT2D eigenvalue weighted by atomic mass is 16.6. The lowest BCUT2D eigenvalue weighted by Gasteiger charge is -2.29. The maximum Gasteiger partial charge on any atom is 0.338 e. The summed E-state index contributed by atoms with van der Waals surface area (Å²) >= 11 is 0. The molecule has 0 spiro atoms. The van der Waals surface area contributed by atoms with Gasteiger partial charge in [0.25, 0.3) is 0 Å². The van der Waals surface area contributed by atoms with Crippen LogP contribution in [-0.2, 0) is 14.3 Å². The summed E-state index contributed by atoms with van der Waals surface area (Å²) in [5.41, 5.74) is 1.86. The SMILES string of the molecule is C=C1CC(OC(=O)c2ccc(OC)c(OC)c2)C2C(C)C(=O)OC2C2C(=C)C(O)CC12. The van der Waals surface area contributed by atoms with Crippen LogP contribution in [0.2, 0.25) is 0 Å². The monoisotopic (exact) mass is 428 g/mol. The number of hydrogen-bond donors (Lipinski definition) is 1. The molecule has 1 heterocycles. The highest BCUT2D eigenvalue weighted by molar-refractivity contribution is 5.90. The molecule has 2 saturated carbocycles. The lowest BCUT2D eigenvalue weighted by molar-refractivity contribution is -0.145. The summed E-state index contributed by atoms with van der Waals surface area (Å²) in [6.45, 7) is 10.1. The zero-order valence-electron chi connectivity index (χ0n) is 18.0. The minimum Gasteiger partial charge on any atom is -0.493 e. The number of rotatable bonds is 4. The largest absolute Gasteiger partial charge is 0.493 e. The third kappa shape index (κ3) is 3.51. The van der Waals surface area contributed by atoms with Gasteiger partial charge >= 0.3 is 11.9 Å². The van der Waals surface area contributed by atoms with Gasteiger partial charge in [0.15, 0.2) is 11.5 Å². The van der Waals surface area contributed by atoms with Crippen molar-refractivity contribution in [1.82, 2.24) is 0 Å². The molecule has 0 amide bonds. The first kappa shape index (κ1) is 21.4.